The summed E-state index contributed by atoms with van der Waals surface area (Å²) in [5.41, 5.74) is 0.958. The third kappa shape index (κ3) is 2.57. The Balaban J connectivity index is 2.23. The maximum absolute atomic E-state index is 11.9. The van der Waals surface area contributed by atoms with Gasteiger partial charge in [-0.2, -0.15) is 0 Å². The SMILES string of the molecule is Cc1ccccc1C(=O)Nc1ccnc(=O)[nH]1. The molecule has 17 heavy (non-hydrogen) atoms. The lowest BCUT2D eigenvalue weighted by Crippen LogP contribution is -2.18. The highest BCUT2D eigenvalue weighted by Crippen LogP contribution is 2.09. The molecule has 0 aliphatic carbocycles. The van der Waals surface area contributed by atoms with Crippen molar-refractivity contribution >= 4 is 11.7 Å². The summed E-state index contributed by atoms with van der Waals surface area (Å²) in [5.74, 6) is 0.0724. The smallest absolute Gasteiger partial charge is 0.308 e. The van der Waals surface area contributed by atoms with Crippen LogP contribution in [0.5, 0.6) is 0 Å². The second kappa shape index (κ2) is 4.61. The van der Waals surface area contributed by atoms with Crippen molar-refractivity contribution in [1.82, 2.24) is 9.97 Å². The Hall–Kier alpha value is -2.43. The molecule has 1 heterocycles. The number of hydrogen-bond donors (Lipinski definition) is 2. The van der Waals surface area contributed by atoms with Gasteiger partial charge in [-0.25, -0.2) is 9.78 Å². The number of aryl methyl sites for hydroxylation is 1. The van der Waals surface area contributed by atoms with E-state index in [2.05, 4.69) is 15.3 Å². The molecule has 2 rings (SSSR count). The van der Waals surface area contributed by atoms with E-state index in [0.717, 1.165) is 5.56 Å². The number of nitrogens with one attached hydrogen (secondary N) is 2. The van der Waals surface area contributed by atoms with Crippen molar-refractivity contribution in [2.24, 2.45) is 0 Å². The number of H-pyrrole nitrogens is 1. The molecule has 1 amide bonds. The Morgan fingerprint density at radius 1 is 1.29 bits per heavy atom. The standard InChI is InChI=1S/C12H11N3O2/c1-8-4-2-3-5-9(8)11(16)14-10-6-7-13-12(17)15-10/h2-7H,1H3,(H2,13,14,15,16,17). The van der Waals surface area contributed by atoms with E-state index in [1.807, 2.05) is 19.1 Å². The fourth-order valence-corrected chi connectivity index (χ4v) is 1.46. The summed E-state index contributed by atoms with van der Waals surface area (Å²) in [5, 5.41) is 2.61. The Kier molecular flexibility index (Phi) is 3.00. The van der Waals surface area contributed by atoms with Crippen molar-refractivity contribution < 1.29 is 4.79 Å². The zero-order valence-corrected chi connectivity index (χ0v) is 9.23. The van der Waals surface area contributed by atoms with Crippen molar-refractivity contribution in [3.05, 3.63) is 58.1 Å². The second-order valence-corrected chi connectivity index (χ2v) is 3.56. The fraction of sp³-hybridized carbons (Fsp3) is 0.0833. The number of aromatic nitrogens is 2. The molecule has 5 nitrogen and oxygen atoms in total. The molecule has 0 saturated carbocycles. The highest BCUT2D eigenvalue weighted by atomic mass is 16.2. The number of anilines is 1. The van der Waals surface area contributed by atoms with Gasteiger partial charge in [-0.05, 0) is 24.6 Å². The van der Waals surface area contributed by atoms with E-state index in [1.54, 1.807) is 12.1 Å². The van der Waals surface area contributed by atoms with Gasteiger partial charge in [0.15, 0.2) is 0 Å². The normalized spacial score (nSPS) is 9.94. The first kappa shape index (κ1) is 11.1. The highest BCUT2D eigenvalue weighted by molar-refractivity contribution is 6.04. The third-order valence-corrected chi connectivity index (χ3v) is 2.31. The lowest BCUT2D eigenvalue weighted by Gasteiger charge is -2.06. The van der Waals surface area contributed by atoms with Crippen LogP contribution in [-0.2, 0) is 0 Å². The van der Waals surface area contributed by atoms with Gasteiger partial charge < -0.3 is 5.32 Å². The third-order valence-electron chi connectivity index (χ3n) is 2.31. The molecule has 0 radical (unpaired) electrons. The molecule has 0 saturated heterocycles. The summed E-state index contributed by atoms with van der Waals surface area (Å²) in [7, 11) is 0. The highest BCUT2D eigenvalue weighted by Gasteiger charge is 2.08. The predicted octanol–water partition coefficient (Wildman–Crippen LogP) is 1.33. The van der Waals surface area contributed by atoms with Gasteiger partial charge in [-0.15, -0.1) is 0 Å². The van der Waals surface area contributed by atoms with Gasteiger partial charge in [0.2, 0.25) is 0 Å². The molecule has 0 fully saturated rings. The molecule has 2 N–H and O–H groups in total. The first-order chi connectivity index (χ1) is 8.16. The fourth-order valence-electron chi connectivity index (χ4n) is 1.46. The van der Waals surface area contributed by atoms with Crippen LogP contribution in [0.4, 0.5) is 5.82 Å². The van der Waals surface area contributed by atoms with Crippen molar-refractivity contribution in [1.29, 1.82) is 0 Å². The van der Waals surface area contributed by atoms with Crippen LogP contribution >= 0.6 is 0 Å². The monoisotopic (exact) mass is 229 g/mol. The van der Waals surface area contributed by atoms with E-state index >= 15 is 0 Å². The molecule has 1 aromatic heterocycles. The minimum Gasteiger partial charge on any atom is -0.308 e. The minimum absolute atomic E-state index is 0.259. The van der Waals surface area contributed by atoms with Crippen LogP contribution in [0.2, 0.25) is 0 Å². The van der Waals surface area contributed by atoms with Gasteiger partial charge in [0, 0.05) is 11.8 Å². The predicted molar refractivity (Wildman–Crippen MR) is 64.0 cm³/mol. The quantitative estimate of drug-likeness (QED) is 0.815. The minimum atomic E-state index is -0.493. The first-order valence-electron chi connectivity index (χ1n) is 5.09. The van der Waals surface area contributed by atoms with Crippen molar-refractivity contribution in [2.45, 2.75) is 6.92 Å². The maximum Gasteiger partial charge on any atom is 0.346 e. The first-order valence-corrected chi connectivity index (χ1v) is 5.09. The molecule has 0 spiro atoms. The molecule has 86 valence electrons. The van der Waals surface area contributed by atoms with Crippen LogP contribution in [0, 0.1) is 6.92 Å². The molecule has 0 aliphatic heterocycles. The van der Waals surface area contributed by atoms with Gasteiger partial charge in [0.1, 0.15) is 5.82 Å². The zero-order chi connectivity index (χ0) is 12.3. The number of carbonyl (C=O) groups is 1. The van der Waals surface area contributed by atoms with E-state index in [1.165, 1.54) is 12.3 Å². The molecule has 0 atom stereocenters. The maximum atomic E-state index is 11.9. The molecule has 0 unspecified atom stereocenters. The Morgan fingerprint density at radius 3 is 2.76 bits per heavy atom. The summed E-state index contributed by atoms with van der Waals surface area (Å²) >= 11 is 0. The lowest BCUT2D eigenvalue weighted by molar-refractivity contribution is 0.102. The number of amides is 1. The molecule has 2 aromatic rings. The zero-order valence-electron chi connectivity index (χ0n) is 9.23. The number of nitrogens with zero attached hydrogens (tertiary/aromatic N) is 1. The number of benzene rings is 1. The van der Waals surface area contributed by atoms with Crippen molar-refractivity contribution in [2.75, 3.05) is 5.32 Å². The van der Waals surface area contributed by atoms with E-state index < -0.39 is 5.69 Å². The molecule has 0 bridgehead atoms. The number of carbonyl (C=O) groups excluding carboxylic acids is 1. The summed E-state index contributed by atoms with van der Waals surface area (Å²) in [4.78, 5) is 28.8. The Labute approximate surface area is 97.5 Å². The van der Waals surface area contributed by atoms with Crippen LogP contribution in [0.15, 0.2) is 41.3 Å². The van der Waals surface area contributed by atoms with E-state index in [-0.39, 0.29) is 5.91 Å². The van der Waals surface area contributed by atoms with E-state index in [4.69, 9.17) is 0 Å². The Morgan fingerprint density at radius 2 is 2.06 bits per heavy atom. The molecular weight excluding hydrogens is 218 g/mol. The van der Waals surface area contributed by atoms with Crippen molar-refractivity contribution in [3.8, 4) is 0 Å². The summed E-state index contributed by atoms with van der Waals surface area (Å²) in [6.45, 7) is 1.85. The average Bonchev–Trinajstić information content (AvgIpc) is 2.29. The van der Waals surface area contributed by atoms with Crippen LogP contribution < -0.4 is 11.0 Å². The number of hydrogen-bond acceptors (Lipinski definition) is 3. The summed E-state index contributed by atoms with van der Waals surface area (Å²) in [6.07, 6.45) is 1.34. The molecule has 1 aromatic carbocycles. The van der Waals surface area contributed by atoms with Gasteiger partial charge in [-0.3, -0.25) is 9.78 Å². The second-order valence-electron chi connectivity index (χ2n) is 3.56. The summed E-state index contributed by atoms with van der Waals surface area (Å²) < 4.78 is 0. The van der Waals surface area contributed by atoms with E-state index in [9.17, 15) is 9.59 Å². The van der Waals surface area contributed by atoms with Crippen LogP contribution in [0.3, 0.4) is 0 Å². The topological polar surface area (TPSA) is 74.8 Å². The lowest BCUT2D eigenvalue weighted by atomic mass is 10.1. The van der Waals surface area contributed by atoms with Crippen LogP contribution in [0.1, 0.15) is 15.9 Å². The largest absolute Gasteiger partial charge is 0.346 e. The number of aromatic amines is 1. The molecular formula is C12H11N3O2. The molecule has 0 aliphatic rings. The van der Waals surface area contributed by atoms with Gasteiger partial charge in [0.25, 0.3) is 5.91 Å². The molecule has 5 heteroatoms. The Bertz CT molecular complexity index is 604. The number of rotatable bonds is 2. The van der Waals surface area contributed by atoms with Gasteiger partial charge in [-0.1, -0.05) is 18.2 Å². The van der Waals surface area contributed by atoms with Gasteiger partial charge >= 0.3 is 5.69 Å². The van der Waals surface area contributed by atoms with Gasteiger partial charge in [0.05, 0.1) is 0 Å². The van der Waals surface area contributed by atoms with E-state index in [0.29, 0.717) is 11.4 Å². The summed E-state index contributed by atoms with van der Waals surface area (Å²) in [6, 6.07) is 8.75. The van der Waals surface area contributed by atoms with Crippen LogP contribution in [-0.4, -0.2) is 15.9 Å². The van der Waals surface area contributed by atoms with Crippen LogP contribution in [0.25, 0.3) is 0 Å². The average molecular weight is 229 g/mol. The van der Waals surface area contributed by atoms with Crippen molar-refractivity contribution in [3.63, 3.8) is 0 Å².